The van der Waals surface area contributed by atoms with Crippen LogP contribution in [0.15, 0.2) is 60.7 Å². The fourth-order valence-corrected chi connectivity index (χ4v) is 3.17. The first kappa shape index (κ1) is 15.8. The molecule has 2 aromatic carbocycles. The number of rotatable bonds is 6. The van der Waals surface area contributed by atoms with Crippen LogP contribution in [0, 0.1) is 0 Å². The molecule has 1 saturated heterocycles. The number of carbonyl (C=O) groups excluding carboxylic acids is 1. The number of hydrogen-bond acceptors (Lipinski definition) is 2. The monoisotopic (exact) mass is 308 g/mol. The Labute approximate surface area is 138 Å². The highest BCUT2D eigenvalue weighted by Crippen LogP contribution is 2.18. The molecule has 0 bridgehead atoms. The third-order valence-electron chi connectivity index (χ3n) is 4.39. The van der Waals surface area contributed by atoms with E-state index in [9.17, 15) is 4.79 Å². The molecule has 0 radical (unpaired) electrons. The molecule has 0 aromatic heterocycles. The molecule has 2 aromatic rings. The number of nitrogens with zero attached hydrogens (tertiary/aromatic N) is 1. The van der Waals surface area contributed by atoms with Crippen LogP contribution in [0.2, 0.25) is 0 Å². The Morgan fingerprint density at radius 1 is 0.957 bits per heavy atom. The summed E-state index contributed by atoms with van der Waals surface area (Å²) in [5, 5.41) is 3.23. The van der Waals surface area contributed by atoms with Gasteiger partial charge in [0.25, 0.3) is 0 Å². The van der Waals surface area contributed by atoms with Crippen molar-refractivity contribution in [2.75, 3.05) is 19.6 Å². The van der Waals surface area contributed by atoms with Gasteiger partial charge in [0.1, 0.15) is 0 Å². The SMILES string of the molecule is O=C(CN1CCCC1)N[C@H](Cc1ccccc1)c1ccccc1. The van der Waals surface area contributed by atoms with E-state index in [0.29, 0.717) is 6.54 Å². The van der Waals surface area contributed by atoms with Crippen molar-refractivity contribution in [2.45, 2.75) is 25.3 Å². The maximum atomic E-state index is 12.4. The van der Waals surface area contributed by atoms with Crippen LogP contribution < -0.4 is 5.32 Å². The molecule has 0 saturated carbocycles. The summed E-state index contributed by atoms with van der Waals surface area (Å²) in [7, 11) is 0. The number of nitrogens with one attached hydrogen (secondary N) is 1. The van der Waals surface area contributed by atoms with E-state index in [1.54, 1.807) is 0 Å². The van der Waals surface area contributed by atoms with Crippen molar-refractivity contribution in [2.24, 2.45) is 0 Å². The van der Waals surface area contributed by atoms with Crippen LogP contribution in [-0.4, -0.2) is 30.4 Å². The molecule has 0 aliphatic carbocycles. The molecule has 1 aliphatic rings. The fourth-order valence-electron chi connectivity index (χ4n) is 3.17. The smallest absolute Gasteiger partial charge is 0.234 e. The summed E-state index contributed by atoms with van der Waals surface area (Å²) in [5.41, 5.74) is 2.40. The second-order valence-electron chi connectivity index (χ2n) is 6.20. The largest absolute Gasteiger partial charge is 0.348 e. The van der Waals surface area contributed by atoms with E-state index in [1.165, 1.54) is 18.4 Å². The standard InChI is InChI=1S/C20H24N2O/c23-20(16-22-13-7-8-14-22)21-19(18-11-5-2-6-12-18)15-17-9-3-1-4-10-17/h1-6,9-12,19H,7-8,13-16H2,(H,21,23)/t19-/m1/s1. The molecular formula is C20H24N2O. The average Bonchev–Trinajstić information content (AvgIpc) is 3.09. The van der Waals surface area contributed by atoms with Gasteiger partial charge in [0.2, 0.25) is 5.91 Å². The van der Waals surface area contributed by atoms with Crippen molar-refractivity contribution < 1.29 is 4.79 Å². The number of benzene rings is 2. The number of amides is 1. The lowest BCUT2D eigenvalue weighted by molar-refractivity contribution is -0.122. The van der Waals surface area contributed by atoms with Gasteiger partial charge in [-0.15, -0.1) is 0 Å². The van der Waals surface area contributed by atoms with E-state index in [1.807, 2.05) is 36.4 Å². The molecule has 120 valence electrons. The van der Waals surface area contributed by atoms with Gasteiger partial charge in [0, 0.05) is 0 Å². The maximum absolute atomic E-state index is 12.4. The summed E-state index contributed by atoms with van der Waals surface area (Å²) in [6.07, 6.45) is 3.23. The molecule has 0 unspecified atom stereocenters. The van der Waals surface area contributed by atoms with Crippen LogP contribution in [0.25, 0.3) is 0 Å². The maximum Gasteiger partial charge on any atom is 0.234 e. The summed E-state index contributed by atoms with van der Waals surface area (Å²) in [6.45, 7) is 2.60. The van der Waals surface area contributed by atoms with Crippen molar-refractivity contribution in [3.63, 3.8) is 0 Å². The van der Waals surface area contributed by atoms with E-state index in [4.69, 9.17) is 0 Å². The van der Waals surface area contributed by atoms with E-state index in [-0.39, 0.29) is 11.9 Å². The Morgan fingerprint density at radius 2 is 1.57 bits per heavy atom. The minimum absolute atomic E-state index is 0.0219. The van der Waals surface area contributed by atoms with Gasteiger partial charge < -0.3 is 5.32 Å². The Bertz CT molecular complexity index is 606. The first-order chi connectivity index (χ1) is 11.3. The van der Waals surface area contributed by atoms with Gasteiger partial charge >= 0.3 is 0 Å². The highest BCUT2D eigenvalue weighted by molar-refractivity contribution is 5.78. The second kappa shape index (κ2) is 7.93. The molecule has 23 heavy (non-hydrogen) atoms. The lowest BCUT2D eigenvalue weighted by atomic mass is 9.99. The molecule has 1 fully saturated rings. The first-order valence-corrected chi connectivity index (χ1v) is 8.42. The highest BCUT2D eigenvalue weighted by atomic mass is 16.2. The van der Waals surface area contributed by atoms with Gasteiger partial charge in [-0.1, -0.05) is 60.7 Å². The van der Waals surface area contributed by atoms with Gasteiger partial charge in [0.15, 0.2) is 0 Å². The zero-order valence-corrected chi connectivity index (χ0v) is 13.4. The molecule has 3 heteroatoms. The van der Waals surface area contributed by atoms with Crippen LogP contribution in [0.3, 0.4) is 0 Å². The molecule has 1 amide bonds. The molecule has 1 heterocycles. The number of hydrogen-bond donors (Lipinski definition) is 1. The molecule has 1 atom stereocenters. The Hall–Kier alpha value is -2.13. The van der Waals surface area contributed by atoms with Crippen molar-refractivity contribution in [1.82, 2.24) is 10.2 Å². The lowest BCUT2D eigenvalue weighted by Gasteiger charge is -2.21. The van der Waals surface area contributed by atoms with Crippen molar-refractivity contribution in [3.05, 3.63) is 71.8 Å². The highest BCUT2D eigenvalue weighted by Gasteiger charge is 2.19. The Morgan fingerprint density at radius 3 is 2.22 bits per heavy atom. The van der Waals surface area contributed by atoms with Crippen LogP contribution in [-0.2, 0) is 11.2 Å². The molecule has 3 nitrogen and oxygen atoms in total. The molecule has 0 spiro atoms. The van der Waals surface area contributed by atoms with E-state index >= 15 is 0 Å². The van der Waals surface area contributed by atoms with Crippen molar-refractivity contribution in [3.8, 4) is 0 Å². The minimum atomic E-state index is 0.0219. The molecule has 3 rings (SSSR count). The fraction of sp³-hybridized carbons (Fsp3) is 0.350. The third-order valence-corrected chi connectivity index (χ3v) is 4.39. The summed E-state index contributed by atoms with van der Waals surface area (Å²) >= 11 is 0. The third kappa shape index (κ3) is 4.67. The predicted molar refractivity (Wildman–Crippen MR) is 93.1 cm³/mol. The zero-order chi connectivity index (χ0) is 15.9. The summed E-state index contributed by atoms with van der Waals surface area (Å²) < 4.78 is 0. The van der Waals surface area contributed by atoms with Crippen molar-refractivity contribution in [1.29, 1.82) is 0 Å². The van der Waals surface area contributed by atoms with Crippen LogP contribution in [0.4, 0.5) is 0 Å². The molecular weight excluding hydrogens is 284 g/mol. The van der Waals surface area contributed by atoms with Crippen LogP contribution in [0.5, 0.6) is 0 Å². The zero-order valence-electron chi connectivity index (χ0n) is 13.4. The number of likely N-dealkylation sites (tertiary alicyclic amines) is 1. The average molecular weight is 308 g/mol. The van der Waals surface area contributed by atoms with Crippen LogP contribution in [0.1, 0.15) is 30.0 Å². The lowest BCUT2D eigenvalue weighted by Crippen LogP contribution is -2.38. The van der Waals surface area contributed by atoms with Gasteiger partial charge in [-0.05, 0) is 43.5 Å². The van der Waals surface area contributed by atoms with Gasteiger partial charge in [-0.3, -0.25) is 9.69 Å². The van der Waals surface area contributed by atoms with Crippen LogP contribution >= 0.6 is 0 Å². The van der Waals surface area contributed by atoms with Gasteiger partial charge in [-0.2, -0.15) is 0 Å². The number of carbonyl (C=O) groups is 1. The summed E-state index contributed by atoms with van der Waals surface area (Å²) in [6, 6.07) is 20.6. The van der Waals surface area contributed by atoms with Crippen molar-refractivity contribution >= 4 is 5.91 Å². The minimum Gasteiger partial charge on any atom is -0.348 e. The van der Waals surface area contributed by atoms with E-state index < -0.39 is 0 Å². The quantitative estimate of drug-likeness (QED) is 0.889. The molecule has 1 N–H and O–H groups in total. The topological polar surface area (TPSA) is 32.3 Å². The normalized spacial score (nSPS) is 16.2. The Balaban J connectivity index is 1.68. The van der Waals surface area contributed by atoms with E-state index in [0.717, 1.165) is 25.1 Å². The Kier molecular flexibility index (Phi) is 5.43. The summed E-state index contributed by atoms with van der Waals surface area (Å²) in [5.74, 6) is 0.122. The van der Waals surface area contributed by atoms with Gasteiger partial charge in [-0.25, -0.2) is 0 Å². The van der Waals surface area contributed by atoms with E-state index in [2.05, 4.69) is 34.5 Å². The summed E-state index contributed by atoms with van der Waals surface area (Å²) in [4.78, 5) is 14.7. The molecule has 1 aliphatic heterocycles. The predicted octanol–water partition coefficient (Wildman–Crippen LogP) is 3.18. The second-order valence-corrected chi connectivity index (χ2v) is 6.20. The van der Waals surface area contributed by atoms with Gasteiger partial charge in [0.05, 0.1) is 12.6 Å². The first-order valence-electron chi connectivity index (χ1n) is 8.42.